The molecule has 2 rings (SSSR count). The van der Waals surface area contributed by atoms with Crippen LogP contribution in [0, 0.1) is 5.82 Å². The Bertz CT molecular complexity index is 1150. The number of hydrogen-bond acceptors (Lipinski definition) is 4. The van der Waals surface area contributed by atoms with Crippen molar-refractivity contribution in [2.45, 2.75) is 6.92 Å². The van der Waals surface area contributed by atoms with Gasteiger partial charge in [0, 0.05) is 17.5 Å². The Labute approximate surface area is 167 Å². The number of pyridine rings is 2. The number of aromatic carboxylic acids is 1. The van der Waals surface area contributed by atoms with Crippen molar-refractivity contribution in [2.75, 3.05) is 5.32 Å². The number of anilines is 1. The van der Waals surface area contributed by atoms with E-state index in [1.165, 1.54) is 28.9 Å². The van der Waals surface area contributed by atoms with E-state index in [4.69, 9.17) is 0 Å². The van der Waals surface area contributed by atoms with Crippen molar-refractivity contribution in [2.24, 2.45) is 0 Å². The largest absolute Gasteiger partial charge is 0.476 e. The number of nitrogens with one attached hydrogen (secondary N) is 1. The molecule has 0 unspecified atom stereocenters. The zero-order chi connectivity index (χ0) is 21.6. The smallest absolute Gasteiger partial charge is 0.357 e. The van der Waals surface area contributed by atoms with Gasteiger partial charge in [-0.2, -0.15) is 0 Å². The van der Waals surface area contributed by atoms with Crippen LogP contribution in [0.4, 0.5) is 10.2 Å². The van der Waals surface area contributed by atoms with Crippen molar-refractivity contribution in [1.82, 2.24) is 9.55 Å². The maximum absolute atomic E-state index is 14.2. The van der Waals surface area contributed by atoms with E-state index in [9.17, 15) is 19.1 Å². The Hall–Kier alpha value is -4.00. The summed E-state index contributed by atoms with van der Waals surface area (Å²) in [6, 6.07) is 2.15. The van der Waals surface area contributed by atoms with Crippen LogP contribution in [-0.4, -0.2) is 20.6 Å². The number of nitrogens with zero attached hydrogens (tertiary/aromatic N) is 2. The second-order valence-corrected chi connectivity index (χ2v) is 5.74. The van der Waals surface area contributed by atoms with Gasteiger partial charge in [0.05, 0.1) is 5.39 Å². The quantitative estimate of drug-likeness (QED) is 0.645. The van der Waals surface area contributed by atoms with E-state index in [-0.39, 0.29) is 16.9 Å². The highest BCUT2D eigenvalue weighted by molar-refractivity contribution is 5.91. The predicted molar refractivity (Wildman–Crippen MR) is 114 cm³/mol. The van der Waals surface area contributed by atoms with Crippen molar-refractivity contribution in [1.29, 1.82) is 0 Å². The van der Waals surface area contributed by atoms with Gasteiger partial charge < -0.3 is 10.4 Å². The van der Waals surface area contributed by atoms with Crippen LogP contribution in [0.2, 0.25) is 0 Å². The van der Waals surface area contributed by atoms with Gasteiger partial charge in [-0.05, 0) is 37.3 Å². The highest BCUT2D eigenvalue weighted by Gasteiger charge is 2.19. The molecule has 0 aliphatic rings. The maximum atomic E-state index is 14.2. The molecule has 0 fully saturated rings. The fourth-order valence-electron chi connectivity index (χ4n) is 2.65. The maximum Gasteiger partial charge on any atom is 0.357 e. The Morgan fingerprint density at radius 3 is 2.48 bits per heavy atom. The molecule has 0 amide bonds. The van der Waals surface area contributed by atoms with Crippen LogP contribution in [0.15, 0.2) is 84.9 Å². The van der Waals surface area contributed by atoms with Crippen molar-refractivity contribution in [3.63, 3.8) is 0 Å². The van der Waals surface area contributed by atoms with Crippen molar-refractivity contribution in [3.8, 4) is 0 Å². The molecule has 0 aromatic carbocycles. The molecule has 0 atom stereocenters. The van der Waals surface area contributed by atoms with Gasteiger partial charge in [-0.25, -0.2) is 14.2 Å². The van der Waals surface area contributed by atoms with Gasteiger partial charge >= 0.3 is 5.97 Å². The van der Waals surface area contributed by atoms with Gasteiger partial charge in [-0.3, -0.25) is 9.36 Å². The fourth-order valence-corrected chi connectivity index (χ4v) is 2.65. The minimum absolute atomic E-state index is 0.0213. The van der Waals surface area contributed by atoms with E-state index >= 15 is 0 Å². The zero-order valence-electron chi connectivity index (χ0n) is 15.9. The molecule has 0 radical (unpaired) electrons. The molecule has 6 nitrogen and oxygen atoms in total. The summed E-state index contributed by atoms with van der Waals surface area (Å²) in [6.07, 6.45) is 11.3. The summed E-state index contributed by atoms with van der Waals surface area (Å²) in [5.41, 5.74) is -0.277. The number of carboxylic acids is 1. The van der Waals surface area contributed by atoms with Crippen LogP contribution in [0.5, 0.6) is 0 Å². The van der Waals surface area contributed by atoms with Gasteiger partial charge in [0.1, 0.15) is 5.82 Å². The molecule has 0 aliphatic carbocycles. The summed E-state index contributed by atoms with van der Waals surface area (Å²) >= 11 is 0. The zero-order valence-corrected chi connectivity index (χ0v) is 15.9. The molecule has 148 valence electrons. The number of hydrogen-bond donors (Lipinski definition) is 2. The standard InChI is InChI=1S/C22H20FN3O3/c1-5-9-14(8-4)24-19-13-18(27)16-12-17(23)20(22(28)29)25-21(16)26(19)15(10-6-2)11-7-3/h5-13,24H,1-2,4H2,3H3,(H,28,29)/b11-7-,14-9+,15-10+. The number of halogens is 1. The Morgan fingerprint density at radius 2 is 1.93 bits per heavy atom. The molecular weight excluding hydrogens is 373 g/mol. The third kappa shape index (κ3) is 4.47. The first kappa shape index (κ1) is 21.3. The predicted octanol–water partition coefficient (Wildman–Crippen LogP) is 4.50. The third-order valence-corrected chi connectivity index (χ3v) is 3.82. The normalized spacial score (nSPS) is 12.2. The fraction of sp³-hybridized carbons (Fsp3) is 0.0455. The number of allylic oxidation sites excluding steroid dienone is 8. The van der Waals surface area contributed by atoms with E-state index in [0.717, 1.165) is 6.07 Å². The van der Waals surface area contributed by atoms with Crippen molar-refractivity contribution < 1.29 is 14.3 Å². The summed E-state index contributed by atoms with van der Waals surface area (Å²) in [6.45, 7) is 12.8. The third-order valence-electron chi connectivity index (χ3n) is 3.82. The van der Waals surface area contributed by atoms with Gasteiger partial charge in [-0.1, -0.05) is 38.0 Å². The molecule has 0 bridgehead atoms. The molecule has 2 heterocycles. The molecule has 0 aliphatic heterocycles. The molecule has 7 heteroatoms. The van der Waals surface area contributed by atoms with Crippen LogP contribution in [0.25, 0.3) is 16.7 Å². The van der Waals surface area contributed by atoms with Gasteiger partial charge in [-0.15, -0.1) is 0 Å². The van der Waals surface area contributed by atoms with Crippen LogP contribution in [-0.2, 0) is 0 Å². The van der Waals surface area contributed by atoms with Gasteiger partial charge in [0.15, 0.2) is 22.6 Å². The molecule has 2 N–H and O–H groups in total. The lowest BCUT2D eigenvalue weighted by molar-refractivity contribution is 0.0685. The highest BCUT2D eigenvalue weighted by atomic mass is 19.1. The second-order valence-electron chi connectivity index (χ2n) is 5.74. The van der Waals surface area contributed by atoms with Gasteiger partial charge in [0.25, 0.3) is 0 Å². The summed E-state index contributed by atoms with van der Waals surface area (Å²) in [5.74, 6) is -2.36. The van der Waals surface area contributed by atoms with Crippen LogP contribution in [0.3, 0.4) is 0 Å². The van der Waals surface area contributed by atoms with Crippen LogP contribution >= 0.6 is 0 Å². The second kappa shape index (κ2) is 9.27. The number of aromatic nitrogens is 2. The molecule has 2 aromatic heterocycles. The minimum Gasteiger partial charge on any atom is -0.476 e. The topological polar surface area (TPSA) is 84.2 Å². The summed E-state index contributed by atoms with van der Waals surface area (Å²) < 4.78 is 15.7. The molecule has 0 saturated carbocycles. The SMILES string of the molecule is C=C/C=C(\C=C)Nc1cc(=O)c2cc(F)c(C(=O)O)nc2n1C(/C=C\C)=C/C=C. The lowest BCUT2D eigenvalue weighted by Gasteiger charge is -2.19. The van der Waals surface area contributed by atoms with Crippen molar-refractivity contribution in [3.05, 3.63) is 102 Å². The monoisotopic (exact) mass is 393 g/mol. The minimum atomic E-state index is -1.54. The van der Waals surface area contributed by atoms with Gasteiger partial charge in [0.2, 0.25) is 0 Å². The number of rotatable bonds is 8. The van der Waals surface area contributed by atoms with Crippen LogP contribution in [0.1, 0.15) is 17.4 Å². The van der Waals surface area contributed by atoms with E-state index in [2.05, 4.69) is 30.0 Å². The Morgan fingerprint density at radius 1 is 1.24 bits per heavy atom. The lowest BCUT2D eigenvalue weighted by atomic mass is 10.2. The molecule has 2 aromatic rings. The van der Waals surface area contributed by atoms with E-state index < -0.39 is 22.9 Å². The average molecular weight is 393 g/mol. The highest BCUT2D eigenvalue weighted by Crippen LogP contribution is 2.24. The first-order valence-electron chi connectivity index (χ1n) is 8.55. The van der Waals surface area contributed by atoms with Crippen LogP contribution < -0.4 is 10.7 Å². The first-order chi connectivity index (χ1) is 13.9. The first-order valence-corrected chi connectivity index (χ1v) is 8.55. The Balaban J connectivity index is 3.03. The van der Waals surface area contributed by atoms with Crippen molar-refractivity contribution >= 4 is 28.5 Å². The number of fused-ring (bicyclic) bond motifs is 1. The molecule has 29 heavy (non-hydrogen) atoms. The molecule has 0 spiro atoms. The summed E-state index contributed by atoms with van der Waals surface area (Å²) in [4.78, 5) is 27.9. The molecule has 0 saturated heterocycles. The summed E-state index contributed by atoms with van der Waals surface area (Å²) in [7, 11) is 0. The van der Waals surface area contributed by atoms with E-state index in [1.807, 2.05) is 0 Å². The number of carbonyl (C=O) groups is 1. The average Bonchev–Trinajstić information content (AvgIpc) is 2.67. The lowest BCUT2D eigenvalue weighted by Crippen LogP contribution is -2.17. The summed E-state index contributed by atoms with van der Waals surface area (Å²) in [5, 5.41) is 12.2. The molecular formula is C22H20FN3O3. The number of carboxylic acid groups (broad SMARTS) is 1. The Kier molecular flexibility index (Phi) is 6.81. The van der Waals surface area contributed by atoms with E-state index in [0.29, 0.717) is 11.4 Å². The van der Waals surface area contributed by atoms with E-state index in [1.54, 1.807) is 31.2 Å².